The third-order valence-corrected chi connectivity index (χ3v) is 4.02. The number of hydrogen-bond acceptors (Lipinski definition) is 1. The highest BCUT2D eigenvalue weighted by molar-refractivity contribution is 9.10. The molecular formula is C12H12BrClN2. The van der Waals surface area contributed by atoms with Crippen LogP contribution in [0, 0.1) is 6.92 Å². The number of aromatic nitrogens is 1. The summed E-state index contributed by atoms with van der Waals surface area (Å²) in [6.45, 7) is 4.10. The third kappa shape index (κ3) is 1.42. The molecule has 2 heterocycles. The predicted octanol–water partition coefficient (Wildman–Crippen LogP) is 3.47. The van der Waals surface area contributed by atoms with E-state index in [9.17, 15) is 0 Å². The number of nitrogens with zero attached hydrogens (tertiary/aromatic N) is 1. The van der Waals surface area contributed by atoms with Gasteiger partial charge in [-0.25, -0.2) is 0 Å². The molecule has 0 bridgehead atoms. The van der Waals surface area contributed by atoms with Crippen LogP contribution in [-0.4, -0.2) is 11.1 Å². The third-order valence-electron chi connectivity index (χ3n) is 3.27. The fraction of sp³-hybridized carbons (Fsp3) is 0.333. The lowest BCUT2D eigenvalue weighted by molar-refractivity contribution is 0.505. The van der Waals surface area contributed by atoms with Crippen molar-refractivity contribution in [1.29, 1.82) is 0 Å². The molecule has 0 amide bonds. The lowest BCUT2D eigenvalue weighted by Gasteiger charge is -2.18. The molecule has 0 spiro atoms. The second kappa shape index (κ2) is 3.76. The monoisotopic (exact) mass is 298 g/mol. The first-order valence-corrected chi connectivity index (χ1v) is 6.53. The maximum atomic E-state index is 6.33. The highest BCUT2D eigenvalue weighted by atomic mass is 79.9. The molecule has 0 unspecified atom stereocenters. The van der Waals surface area contributed by atoms with Crippen LogP contribution in [0.4, 0.5) is 0 Å². The standard InChI is InChI=1S/C12H12BrClN2/c1-7-9-4-8(13)5-10(14)12(9)16-6-15-3-2-11(7)16/h4-5,15H,2-3,6H2,1H3. The minimum atomic E-state index is 0.822. The SMILES string of the molecule is Cc1c2n(c3c(Cl)cc(Br)cc13)CNCC2. The van der Waals surface area contributed by atoms with Crippen LogP contribution in [0.5, 0.6) is 0 Å². The fourth-order valence-electron chi connectivity index (χ4n) is 2.51. The minimum Gasteiger partial charge on any atom is -0.330 e. The Morgan fingerprint density at radius 1 is 1.44 bits per heavy atom. The van der Waals surface area contributed by atoms with Gasteiger partial charge in [0.2, 0.25) is 0 Å². The molecule has 0 saturated heterocycles. The summed E-state index contributed by atoms with van der Waals surface area (Å²) in [5.74, 6) is 0. The van der Waals surface area contributed by atoms with Crippen molar-refractivity contribution in [3.8, 4) is 0 Å². The summed E-state index contributed by atoms with van der Waals surface area (Å²) in [6, 6.07) is 4.12. The van der Waals surface area contributed by atoms with Gasteiger partial charge in [-0.1, -0.05) is 27.5 Å². The van der Waals surface area contributed by atoms with Gasteiger partial charge < -0.3 is 4.57 Å². The summed E-state index contributed by atoms with van der Waals surface area (Å²) in [5.41, 5.74) is 3.93. The van der Waals surface area contributed by atoms with Gasteiger partial charge in [-0.05, 0) is 24.6 Å². The van der Waals surface area contributed by atoms with Crippen LogP contribution in [0.3, 0.4) is 0 Å². The number of fused-ring (bicyclic) bond motifs is 3. The van der Waals surface area contributed by atoms with Crippen LogP contribution >= 0.6 is 27.5 Å². The quantitative estimate of drug-likeness (QED) is 0.788. The summed E-state index contributed by atoms with van der Waals surface area (Å²) in [5, 5.41) is 5.46. The average Bonchev–Trinajstić information content (AvgIpc) is 2.54. The molecule has 0 radical (unpaired) electrons. The van der Waals surface area contributed by atoms with Crippen molar-refractivity contribution in [1.82, 2.24) is 9.88 Å². The van der Waals surface area contributed by atoms with Gasteiger partial charge in [0.15, 0.2) is 0 Å². The summed E-state index contributed by atoms with van der Waals surface area (Å²) in [4.78, 5) is 0. The molecular weight excluding hydrogens is 288 g/mol. The molecule has 3 rings (SSSR count). The molecule has 2 aromatic rings. The van der Waals surface area contributed by atoms with E-state index in [1.54, 1.807) is 0 Å². The van der Waals surface area contributed by atoms with Crippen molar-refractivity contribution in [2.75, 3.05) is 6.54 Å². The Morgan fingerprint density at radius 3 is 3.06 bits per heavy atom. The van der Waals surface area contributed by atoms with E-state index in [1.165, 1.54) is 16.6 Å². The molecule has 1 aliphatic rings. The first-order chi connectivity index (χ1) is 7.68. The lowest BCUT2D eigenvalue weighted by Crippen LogP contribution is -2.28. The number of halogens is 2. The molecule has 1 N–H and O–H groups in total. The highest BCUT2D eigenvalue weighted by Gasteiger charge is 2.18. The second-order valence-corrected chi connectivity index (χ2v) is 5.51. The highest BCUT2D eigenvalue weighted by Crippen LogP contribution is 2.34. The molecule has 2 nitrogen and oxygen atoms in total. The molecule has 84 valence electrons. The number of nitrogens with one attached hydrogen (secondary N) is 1. The van der Waals surface area contributed by atoms with Crippen LogP contribution in [0.25, 0.3) is 10.9 Å². The number of benzene rings is 1. The Morgan fingerprint density at radius 2 is 2.25 bits per heavy atom. The Labute approximate surface area is 108 Å². The number of hydrogen-bond donors (Lipinski definition) is 1. The zero-order valence-electron chi connectivity index (χ0n) is 8.98. The zero-order valence-corrected chi connectivity index (χ0v) is 11.3. The molecule has 0 fully saturated rings. The van der Waals surface area contributed by atoms with Crippen molar-refractivity contribution >= 4 is 38.4 Å². The maximum Gasteiger partial charge on any atom is 0.0729 e. The first-order valence-electron chi connectivity index (χ1n) is 5.36. The molecule has 4 heteroatoms. The Hall–Kier alpha value is -0.510. The van der Waals surface area contributed by atoms with Gasteiger partial charge >= 0.3 is 0 Å². The smallest absolute Gasteiger partial charge is 0.0729 e. The summed E-state index contributed by atoms with van der Waals surface area (Å²) >= 11 is 9.84. The van der Waals surface area contributed by atoms with Crippen LogP contribution in [0.1, 0.15) is 11.3 Å². The van der Waals surface area contributed by atoms with Crippen LogP contribution in [0.15, 0.2) is 16.6 Å². The van der Waals surface area contributed by atoms with Crippen molar-refractivity contribution in [2.45, 2.75) is 20.0 Å². The van der Waals surface area contributed by atoms with E-state index in [0.29, 0.717) is 0 Å². The van der Waals surface area contributed by atoms with Gasteiger partial charge in [-0.15, -0.1) is 0 Å². The molecule has 0 atom stereocenters. The summed E-state index contributed by atoms with van der Waals surface area (Å²) in [6.07, 6.45) is 1.08. The lowest BCUT2D eigenvalue weighted by atomic mass is 10.1. The van der Waals surface area contributed by atoms with Gasteiger partial charge in [0.05, 0.1) is 17.2 Å². The van der Waals surface area contributed by atoms with Crippen molar-refractivity contribution in [3.63, 3.8) is 0 Å². The van der Waals surface area contributed by atoms with E-state index in [0.717, 1.165) is 34.6 Å². The predicted molar refractivity (Wildman–Crippen MR) is 71.1 cm³/mol. The first kappa shape index (κ1) is 10.6. The summed E-state index contributed by atoms with van der Waals surface area (Å²) < 4.78 is 3.34. The van der Waals surface area contributed by atoms with Gasteiger partial charge in [0, 0.05) is 28.5 Å². The van der Waals surface area contributed by atoms with Crippen LogP contribution in [-0.2, 0) is 13.1 Å². The number of aryl methyl sites for hydroxylation is 1. The largest absolute Gasteiger partial charge is 0.330 e. The maximum absolute atomic E-state index is 6.33. The van der Waals surface area contributed by atoms with E-state index in [2.05, 4.69) is 38.8 Å². The zero-order chi connectivity index (χ0) is 11.3. The van der Waals surface area contributed by atoms with Gasteiger partial charge in [0.25, 0.3) is 0 Å². The van der Waals surface area contributed by atoms with E-state index in [-0.39, 0.29) is 0 Å². The van der Waals surface area contributed by atoms with E-state index in [4.69, 9.17) is 11.6 Å². The minimum absolute atomic E-state index is 0.822. The molecule has 1 aromatic carbocycles. The molecule has 0 aliphatic carbocycles. The Bertz CT molecular complexity index is 574. The van der Waals surface area contributed by atoms with Crippen molar-refractivity contribution in [2.24, 2.45) is 0 Å². The van der Waals surface area contributed by atoms with Gasteiger partial charge in [0.1, 0.15) is 0 Å². The van der Waals surface area contributed by atoms with Crippen molar-refractivity contribution < 1.29 is 0 Å². The topological polar surface area (TPSA) is 17.0 Å². The Balaban J connectivity index is 2.44. The second-order valence-electron chi connectivity index (χ2n) is 4.19. The Kier molecular flexibility index (Phi) is 2.50. The summed E-state index contributed by atoms with van der Waals surface area (Å²) in [7, 11) is 0. The van der Waals surface area contributed by atoms with Gasteiger partial charge in [-0.2, -0.15) is 0 Å². The van der Waals surface area contributed by atoms with E-state index < -0.39 is 0 Å². The van der Waals surface area contributed by atoms with E-state index in [1.807, 2.05) is 6.07 Å². The molecule has 0 saturated carbocycles. The fourth-order valence-corrected chi connectivity index (χ4v) is 3.42. The molecule has 16 heavy (non-hydrogen) atoms. The molecule has 1 aliphatic heterocycles. The van der Waals surface area contributed by atoms with Gasteiger partial charge in [-0.3, -0.25) is 5.32 Å². The normalized spacial score (nSPS) is 15.4. The molecule has 1 aromatic heterocycles. The average molecular weight is 300 g/mol. The number of rotatable bonds is 0. The van der Waals surface area contributed by atoms with Crippen LogP contribution in [0.2, 0.25) is 5.02 Å². The van der Waals surface area contributed by atoms with E-state index >= 15 is 0 Å². The van der Waals surface area contributed by atoms with Crippen LogP contribution < -0.4 is 5.32 Å². The van der Waals surface area contributed by atoms with Crippen molar-refractivity contribution in [3.05, 3.63) is 32.9 Å².